The van der Waals surface area contributed by atoms with Crippen molar-refractivity contribution in [2.75, 3.05) is 20.2 Å². The van der Waals surface area contributed by atoms with Gasteiger partial charge in [0, 0.05) is 19.2 Å². The van der Waals surface area contributed by atoms with Crippen molar-refractivity contribution in [1.82, 2.24) is 10.6 Å². The van der Waals surface area contributed by atoms with Gasteiger partial charge in [-0.3, -0.25) is 4.99 Å². The maximum Gasteiger partial charge on any atom is 0.191 e. The molecule has 1 aromatic rings. The number of hydrogen-bond acceptors (Lipinski definition) is 2. The number of nitrogens with zero attached hydrogens (tertiary/aromatic N) is 1. The summed E-state index contributed by atoms with van der Waals surface area (Å²) in [6, 6.07) is 3.75. The van der Waals surface area contributed by atoms with Crippen molar-refractivity contribution in [2.45, 2.75) is 38.1 Å². The van der Waals surface area contributed by atoms with Gasteiger partial charge in [-0.1, -0.05) is 19.3 Å². The number of hydrogen-bond donors (Lipinski definition) is 2. The largest absolute Gasteiger partial charge is 0.489 e. The van der Waals surface area contributed by atoms with E-state index >= 15 is 0 Å². The summed E-state index contributed by atoms with van der Waals surface area (Å²) < 4.78 is 31.5. The first kappa shape index (κ1) is 19.9. The minimum Gasteiger partial charge on any atom is -0.489 e. The number of nitrogens with one attached hydrogen (secondary N) is 2. The van der Waals surface area contributed by atoms with Gasteiger partial charge in [0.1, 0.15) is 12.4 Å². The van der Waals surface area contributed by atoms with E-state index in [4.69, 9.17) is 4.74 Å². The molecule has 0 spiro atoms. The molecule has 1 fully saturated rings. The van der Waals surface area contributed by atoms with Crippen molar-refractivity contribution >= 4 is 29.9 Å². The van der Waals surface area contributed by atoms with Crippen LogP contribution in [-0.4, -0.2) is 32.2 Å². The molecule has 0 radical (unpaired) electrons. The quantitative estimate of drug-likeness (QED) is 0.320. The number of rotatable bonds is 5. The predicted octanol–water partition coefficient (Wildman–Crippen LogP) is 3.46. The molecule has 7 heteroatoms. The van der Waals surface area contributed by atoms with Gasteiger partial charge in [0.15, 0.2) is 17.5 Å². The lowest BCUT2D eigenvalue weighted by atomic mass is 9.96. The third kappa shape index (κ3) is 6.88. The number of aliphatic imine (C=N–C) groups is 1. The van der Waals surface area contributed by atoms with Gasteiger partial charge in [-0.2, -0.15) is 0 Å². The molecule has 1 aliphatic rings. The van der Waals surface area contributed by atoms with E-state index in [1.54, 1.807) is 7.05 Å². The number of halogens is 3. The second kappa shape index (κ2) is 10.6. The van der Waals surface area contributed by atoms with Crippen molar-refractivity contribution < 1.29 is 13.5 Å². The fourth-order valence-corrected chi connectivity index (χ4v) is 2.56. The van der Waals surface area contributed by atoms with Crippen LogP contribution >= 0.6 is 24.0 Å². The standard InChI is InChI=1S/C16H23F2N3O.HI/c1-19-16(21-13-5-3-2-4-6-13)20-9-10-22-15-8-7-12(17)11-14(15)18;/h7-8,11,13H,2-6,9-10H2,1H3,(H2,19,20,21);1H. The normalized spacial score (nSPS) is 15.7. The lowest BCUT2D eigenvalue weighted by Crippen LogP contribution is -2.45. The smallest absolute Gasteiger partial charge is 0.191 e. The molecule has 0 aliphatic heterocycles. The van der Waals surface area contributed by atoms with Crippen molar-refractivity contribution in [2.24, 2.45) is 4.99 Å². The molecular formula is C16H24F2IN3O. The van der Waals surface area contributed by atoms with Crippen molar-refractivity contribution in [3.63, 3.8) is 0 Å². The molecule has 1 aliphatic carbocycles. The van der Waals surface area contributed by atoms with Gasteiger partial charge in [-0.05, 0) is 25.0 Å². The SMILES string of the molecule is CN=C(NCCOc1ccc(F)cc1F)NC1CCCCC1.I. The third-order valence-corrected chi connectivity index (χ3v) is 3.72. The molecule has 130 valence electrons. The lowest BCUT2D eigenvalue weighted by molar-refractivity contribution is 0.304. The van der Waals surface area contributed by atoms with Gasteiger partial charge < -0.3 is 15.4 Å². The molecular weight excluding hydrogens is 415 g/mol. The maximum atomic E-state index is 13.4. The first-order chi connectivity index (χ1) is 10.7. The summed E-state index contributed by atoms with van der Waals surface area (Å²) in [5.74, 6) is -0.515. The zero-order chi connectivity index (χ0) is 15.8. The summed E-state index contributed by atoms with van der Waals surface area (Å²) >= 11 is 0. The molecule has 0 heterocycles. The average molecular weight is 439 g/mol. The highest BCUT2D eigenvalue weighted by Crippen LogP contribution is 2.18. The molecule has 4 nitrogen and oxygen atoms in total. The van der Waals surface area contributed by atoms with Crippen LogP contribution in [0.1, 0.15) is 32.1 Å². The van der Waals surface area contributed by atoms with Gasteiger partial charge in [-0.25, -0.2) is 8.78 Å². The fourth-order valence-electron chi connectivity index (χ4n) is 2.56. The van der Waals surface area contributed by atoms with Gasteiger partial charge in [-0.15, -0.1) is 24.0 Å². The topological polar surface area (TPSA) is 45.7 Å². The van der Waals surface area contributed by atoms with Gasteiger partial charge >= 0.3 is 0 Å². The molecule has 2 rings (SSSR count). The molecule has 0 unspecified atom stereocenters. The van der Waals surface area contributed by atoms with E-state index in [0.29, 0.717) is 12.6 Å². The van der Waals surface area contributed by atoms with E-state index in [2.05, 4.69) is 15.6 Å². The molecule has 1 aromatic carbocycles. The summed E-state index contributed by atoms with van der Waals surface area (Å²) in [5.41, 5.74) is 0. The van der Waals surface area contributed by atoms with Crippen LogP contribution in [0, 0.1) is 11.6 Å². The molecule has 0 saturated heterocycles. The highest BCUT2D eigenvalue weighted by molar-refractivity contribution is 14.0. The Morgan fingerprint density at radius 1 is 1.26 bits per heavy atom. The molecule has 0 aromatic heterocycles. The Labute approximate surface area is 153 Å². The van der Waals surface area contributed by atoms with Gasteiger partial charge in [0.05, 0.1) is 6.54 Å². The van der Waals surface area contributed by atoms with Crippen molar-refractivity contribution in [3.05, 3.63) is 29.8 Å². The van der Waals surface area contributed by atoms with Crippen LogP contribution in [0.15, 0.2) is 23.2 Å². The minimum atomic E-state index is -0.690. The Hall–Kier alpha value is -1.12. The highest BCUT2D eigenvalue weighted by Gasteiger charge is 2.14. The summed E-state index contributed by atoms with van der Waals surface area (Å²) in [7, 11) is 1.72. The number of benzene rings is 1. The van der Waals surface area contributed by atoms with E-state index in [-0.39, 0.29) is 36.3 Å². The monoisotopic (exact) mass is 439 g/mol. The summed E-state index contributed by atoms with van der Waals surface area (Å²) in [5, 5.41) is 6.52. The Bertz CT molecular complexity index is 508. The van der Waals surface area contributed by atoms with E-state index in [1.807, 2.05) is 0 Å². The van der Waals surface area contributed by atoms with Crippen LogP contribution in [0.3, 0.4) is 0 Å². The van der Waals surface area contributed by atoms with E-state index in [1.165, 1.54) is 31.4 Å². The van der Waals surface area contributed by atoms with Gasteiger partial charge in [0.2, 0.25) is 0 Å². The minimum absolute atomic E-state index is 0. The molecule has 0 amide bonds. The van der Waals surface area contributed by atoms with Crippen molar-refractivity contribution in [3.8, 4) is 5.75 Å². The van der Waals surface area contributed by atoms with E-state index in [0.717, 1.165) is 24.9 Å². The Morgan fingerprint density at radius 3 is 2.65 bits per heavy atom. The van der Waals surface area contributed by atoms with Crippen LogP contribution in [0.4, 0.5) is 8.78 Å². The Morgan fingerprint density at radius 2 is 2.00 bits per heavy atom. The summed E-state index contributed by atoms with van der Waals surface area (Å²) in [6.07, 6.45) is 6.14. The second-order valence-corrected chi connectivity index (χ2v) is 5.40. The molecule has 23 heavy (non-hydrogen) atoms. The van der Waals surface area contributed by atoms with Crippen LogP contribution in [0.5, 0.6) is 5.75 Å². The fraction of sp³-hybridized carbons (Fsp3) is 0.562. The highest BCUT2D eigenvalue weighted by atomic mass is 127. The van der Waals surface area contributed by atoms with Crippen LogP contribution in [-0.2, 0) is 0 Å². The summed E-state index contributed by atoms with van der Waals surface area (Å²) in [4.78, 5) is 4.17. The zero-order valence-corrected chi connectivity index (χ0v) is 15.6. The first-order valence-electron chi connectivity index (χ1n) is 7.74. The summed E-state index contributed by atoms with van der Waals surface area (Å²) in [6.45, 7) is 0.761. The van der Waals surface area contributed by atoms with Crippen LogP contribution < -0.4 is 15.4 Å². The van der Waals surface area contributed by atoms with E-state index in [9.17, 15) is 8.78 Å². The second-order valence-electron chi connectivity index (χ2n) is 5.40. The predicted molar refractivity (Wildman–Crippen MR) is 98.6 cm³/mol. The Balaban J connectivity index is 0.00000264. The molecule has 1 saturated carbocycles. The zero-order valence-electron chi connectivity index (χ0n) is 13.3. The number of guanidine groups is 1. The third-order valence-electron chi connectivity index (χ3n) is 3.72. The molecule has 0 bridgehead atoms. The van der Waals surface area contributed by atoms with Crippen molar-refractivity contribution in [1.29, 1.82) is 0 Å². The average Bonchev–Trinajstić information content (AvgIpc) is 2.53. The van der Waals surface area contributed by atoms with E-state index < -0.39 is 11.6 Å². The molecule has 0 atom stereocenters. The lowest BCUT2D eigenvalue weighted by Gasteiger charge is -2.24. The molecule has 2 N–H and O–H groups in total. The Kier molecular flexibility index (Phi) is 9.20. The first-order valence-corrected chi connectivity index (χ1v) is 7.74. The van der Waals surface area contributed by atoms with Crippen LogP contribution in [0.25, 0.3) is 0 Å². The number of ether oxygens (including phenoxy) is 1. The van der Waals surface area contributed by atoms with Gasteiger partial charge in [0.25, 0.3) is 0 Å². The maximum absolute atomic E-state index is 13.4. The van der Waals surface area contributed by atoms with Crippen LogP contribution in [0.2, 0.25) is 0 Å².